The Morgan fingerprint density at radius 1 is 1.23 bits per heavy atom. The van der Waals surface area contributed by atoms with Crippen LogP contribution in [-0.4, -0.2) is 47.3 Å². The maximum absolute atomic E-state index is 12.7. The second-order valence-corrected chi connectivity index (χ2v) is 8.24. The quantitative estimate of drug-likeness (QED) is 0.326. The van der Waals surface area contributed by atoms with Crippen LogP contribution in [0.15, 0.2) is 34.6 Å². The summed E-state index contributed by atoms with van der Waals surface area (Å²) in [7, 11) is 2.99. The number of allylic oxidation sites excluding steroid dienone is 1. The van der Waals surface area contributed by atoms with Gasteiger partial charge in [0.1, 0.15) is 6.04 Å². The lowest BCUT2D eigenvalue weighted by molar-refractivity contribution is -0.136. The number of ether oxygens (including phenoxy) is 3. The van der Waals surface area contributed by atoms with Gasteiger partial charge in [0.2, 0.25) is 11.1 Å². The number of esters is 1. The SMILES string of the molecule is CCCCOc1ccc(C2C(C(=O)OC)=C(C)Nc3nc(SCCC)nn32)cc1OC. The predicted octanol–water partition coefficient (Wildman–Crippen LogP) is 4.43. The van der Waals surface area contributed by atoms with Gasteiger partial charge >= 0.3 is 5.97 Å². The number of fused-ring (bicyclic) bond motifs is 1. The third kappa shape index (κ3) is 4.98. The highest BCUT2D eigenvalue weighted by molar-refractivity contribution is 7.99. The molecule has 0 fully saturated rings. The highest BCUT2D eigenvalue weighted by Crippen LogP contribution is 2.39. The van der Waals surface area contributed by atoms with Crippen LogP contribution in [0.2, 0.25) is 0 Å². The molecule has 0 amide bonds. The van der Waals surface area contributed by atoms with Gasteiger partial charge in [-0.2, -0.15) is 4.98 Å². The molecule has 1 aliphatic heterocycles. The normalized spacial score (nSPS) is 15.3. The maximum Gasteiger partial charge on any atom is 0.338 e. The van der Waals surface area contributed by atoms with Gasteiger partial charge in [0.05, 0.1) is 26.4 Å². The summed E-state index contributed by atoms with van der Waals surface area (Å²) in [5, 5.41) is 8.54. The Morgan fingerprint density at radius 2 is 2.03 bits per heavy atom. The molecule has 0 aliphatic carbocycles. The van der Waals surface area contributed by atoms with E-state index in [9.17, 15) is 4.79 Å². The maximum atomic E-state index is 12.7. The summed E-state index contributed by atoms with van der Waals surface area (Å²) in [6.07, 6.45) is 3.04. The summed E-state index contributed by atoms with van der Waals surface area (Å²) >= 11 is 1.59. The van der Waals surface area contributed by atoms with Crippen molar-refractivity contribution in [1.82, 2.24) is 14.8 Å². The number of thioether (sulfide) groups is 1. The molecule has 0 saturated heterocycles. The zero-order chi connectivity index (χ0) is 22.4. The van der Waals surface area contributed by atoms with Gasteiger partial charge in [0, 0.05) is 11.4 Å². The second kappa shape index (κ2) is 10.6. The minimum absolute atomic E-state index is 0.416. The summed E-state index contributed by atoms with van der Waals surface area (Å²) in [5.74, 6) is 2.38. The van der Waals surface area contributed by atoms with Crippen LogP contribution in [0.25, 0.3) is 0 Å². The standard InChI is InChI=1S/C22H30N4O4S/c1-6-8-11-30-16-10-9-15(13-17(16)28-4)19-18(20(27)29-5)14(3)23-21-24-22(25-26(19)21)31-12-7-2/h9-10,13,19H,6-8,11-12H2,1-5H3,(H,23,24,25). The van der Waals surface area contributed by atoms with E-state index in [1.807, 2.05) is 25.1 Å². The zero-order valence-corrected chi connectivity index (χ0v) is 19.5. The molecule has 1 aromatic heterocycles. The van der Waals surface area contributed by atoms with Crippen molar-refractivity contribution in [1.29, 1.82) is 0 Å². The van der Waals surface area contributed by atoms with Crippen molar-refractivity contribution in [3.05, 3.63) is 35.0 Å². The second-order valence-electron chi connectivity index (χ2n) is 7.18. The van der Waals surface area contributed by atoms with Crippen LogP contribution < -0.4 is 14.8 Å². The molecule has 168 valence electrons. The van der Waals surface area contributed by atoms with E-state index in [0.29, 0.717) is 40.5 Å². The number of benzene rings is 1. The first-order valence-electron chi connectivity index (χ1n) is 10.5. The topological polar surface area (TPSA) is 87.5 Å². The minimum atomic E-state index is -0.495. The number of nitrogens with one attached hydrogen (secondary N) is 1. The van der Waals surface area contributed by atoms with E-state index in [2.05, 4.69) is 29.2 Å². The fourth-order valence-corrected chi connectivity index (χ4v) is 4.05. The number of rotatable bonds is 10. The van der Waals surface area contributed by atoms with E-state index in [0.717, 1.165) is 30.6 Å². The van der Waals surface area contributed by atoms with Crippen LogP contribution in [0, 0.1) is 0 Å². The van der Waals surface area contributed by atoms with Gasteiger partial charge < -0.3 is 19.5 Å². The lowest BCUT2D eigenvalue weighted by Gasteiger charge is -2.28. The van der Waals surface area contributed by atoms with Gasteiger partial charge in [-0.1, -0.05) is 38.1 Å². The summed E-state index contributed by atoms with van der Waals surface area (Å²) in [4.78, 5) is 17.3. The molecule has 0 spiro atoms. The molecule has 1 N–H and O–H groups in total. The Kier molecular flexibility index (Phi) is 7.84. The summed E-state index contributed by atoms with van der Waals surface area (Å²) in [5.41, 5.74) is 2.00. The molecule has 0 radical (unpaired) electrons. The van der Waals surface area contributed by atoms with E-state index < -0.39 is 12.0 Å². The van der Waals surface area contributed by atoms with E-state index in [1.54, 1.807) is 23.6 Å². The lowest BCUT2D eigenvalue weighted by Crippen LogP contribution is -2.29. The zero-order valence-electron chi connectivity index (χ0n) is 18.7. The van der Waals surface area contributed by atoms with Crippen molar-refractivity contribution in [2.75, 3.05) is 31.9 Å². The van der Waals surface area contributed by atoms with Crippen LogP contribution in [0.1, 0.15) is 51.6 Å². The van der Waals surface area contributed by atoms with E-state index in [-0.39, 0.29) is 0 Å². The minimum Gasteiger partial charge on any atom is -0.493 e. The molecular weight excluding hydrogens is 416 g/mol. The van der Waals surface area contributed by atoms with Crippen LogP contribution >= 0.6 is 11.8 Å². The Hall–Kier alpha value is -2.68. The number of nitrogens with zero attached hydrogens (tertiary/aromatic N) is 3. The van der Waals surface area contributed by atoms with Crippen molar-refractivity contribution in [3.63, 3.8) is 0 Å². The molecule has 0 saturated carbocycles. The summed E-state index contributed by atoms with van der Waals surface area (Å²) in [6, 6.07) is 5.20. The molecule has 9 heteroatoms. The number of carbonyl (C=O) groups is 1. The molecular formula is C22H30N4O4S. The summed E-state index contributed by atoms with van der Waals surface area (Å²) in [6.45, 7) is 6.70. The molecule has 2 heterocycles. The first-order valence-corrected chi connectivity index (χ1v) is 11.5. The van der Waals surface area contributed by atoms with Crippen molar-refractivity contribution in [2.45, 2.75) is 51.2 Å². The van der Waals surface area contributed by atoms with Gasteiger partial charge in [-0.05, 0) is 37.5 Å². The first kappa shape index (κ1) is 23.0. The van der Waals surface area contributed by atoms with Gasteiger partial charge in [-0.25, -0.2) is 9.48 Å². The van der Waals surface area contributed by atoms with E-state index >= 15 is 0 Å². The average Bonchev–Trinajstić information content (AvgIpc) is 3.18. The number of anilines is 1. The number of carbonyl (C=O) groups excluding carboxylic acids is 1. The number of aromatic nitrogens is 3. The number of hydrogen-bond acceptors (Lipinski definition) is 8. The Balaban J connectivity index is 2.05. The molecule has 8 nitrogen and oxygen atoms in total. The van der Waals surface area contributed by atoms with Gasteiger partial charge in [-0.3, -0.25) is 0 Å². The molecule has 1 aliphatic rings. The van der Waals surface area contributed by atoms with Crippen LogP contribution in [0.3, 0.4) is 0 Å². The molecule has 1 aromatic carbocycles. The Morgan fingerprint density at radius 3 is 2.71 bits per heavy atom. The molecule has 31 heavy (non-hydrogen) atoms. The number of methoxy groups -OCH3 is 2. The van der Waals surface area contributed by atoms with E-state index in [4.69, 9.17) is 14.2 Å². The molecule has 2 aromatic rings. The van der Waals surface area contributed by atoms with E-state index in [1.165, 1.54) is 7.11 Å². The molecule has 0 bridgehead atoms. The largest absolute Gasteiger partial charge is 0.493 e. The number of hydrogen-bond donors (Lipinski definition) is 1. The monoisotopic (exact) mass is 446 g/mol. The van der Waals surface area contributed by atoms with Crippen LogP contribution in [0.5, 0.6) is 11.5 Å². The smallest absolute Gasteiger partial charge is 0.338 e. The van der Waals surface area contributed by atoms with Gasteiger partial charge in [-0.15, -0.1) is 5.10 Å². The van der Waals surface area contributed by atoms with Crippen molar-refractivity contribution < 1.29 is 19.0 Å². The average molecular weight is 447 g/mol. The fraction of sp³-hybridized carbons (Fsp3) is 0.500. The van der Waals surface area contributed by atoms with Crippen LogP contribution in [-0.2, 0) is 9.53 Å². The van der Waals surface area contributed by atoms with Crippen LogP contribution in [0.4, 0.5) is 5.95 Å². The number of unbranched alkanes of at least 4 members (excludes halogenated alkanes) is 1. The molecule has 1 atom stereocenters. The predicted molar refractivity (Wildman–Crippen MR) is 121 cm³/mol. The van der Waals surface area contributed by atoms with Crippen molar-refractivity contribution in [2.24, 2.45) is 0 Å². The van der Waals surface area contributed by atoms with Gasteiger partial charge in [0.25, 0.3) is 0 Å². The molecule has 1 unspecified atom stereocenters. The highest BCUT2D eigenvalue weighted by atomic mass is 32.2. The highest BCUT2D eigenvalue weighted by Gasteiger charge is 2.35. The molecule has 3 rings (SSSR count). The first-order chi connectivity index (χ1) is 15.0. The van der Waals surface area contributed by atoms with Gasteiger partial charge in [0.15, 0.2) is 11.5 Å². The Labute approximate surface area is 187 Å². The third-order valence-corrected chi connectivity index (χ3v) is 5.98. The fourth-order valence-electron chi connectivity index (χ4n) is 3.37. The summed E-state index contributed by atoms with van der Waals surface area (Å²) < 4.78 is 18.3. The van der Waals surface area contributed by atoms with Crippen molar-refractivity contribution in [3.8, 4) is 11.5 Å². The lowest BCUT2D eigenvalue weighted by atomic mass is 9.95. The third-order valence-electron chi connectivity index (χ3n) is 4.93. The van der Waals surface area contributed by atoms with Crippen molar-refractivity contribution >= 4 is 23.7 Å². The Bertz CT molecular complexity index is 957.